The number of amides is 1. The lowest BCUT2D eigenvalue weighted by Crippen LogP contribution is -2.15. The van der Waals surface area contributed by atoms with E-state index >= 15 is 0 Å². The standard InChI is InChI=1S/C31H32N2O3/c1-30(2,3)23-15-10-21(11-16-23)28(34)33-26-19-14-20-8-7-9-25(27(20)32-26)36-29(35)22-12-17-24(18-13-22)31(4,5)6/h7-19H,1-6H3,(H,32,33,34). The van der Waals surface area contributed by atoms with E-state index in [1.165, 1.54) is 0 Å². The maximum absolute atomic E-state index is 12.8. The summed E-state index contributed by atoms with van der Waals surface area (Å²) in [6.07, 6.45) is 0. The first-order valence-corrected chi connectivity index (χ1v) is 12.1. The molecule has 184 valence electrons. The summed E-state index contributed by atoms with van der Waals surface area (Å²) in [6, 6.07) is 24.0. The van der Waals surface area contributed by atoms with Gasteiger partial charge in [-0.2, -0.15) is 0 Å². The normalized spacial score (nSPS) is 11.8. The van der Waals surface area contributed by atoms with Crippen LogP contribution in [0.5, 0.6) is 5.75 Å². The molecule has 1 heterocycles. The molecule has 4 rings (SSSR count). The van der Waals surface area contributed by atoms with Crippen molar-refractivity contribution in [2.75, 3.05) is 5.32 Å². The van der Waals surface area contributed by atoms with Gasteiger partial charge in [-0.1, -0.05) is 77.9 Å². The molecule has 1 N–H and O–H groups in total. The van der Waals surface area contributed by atoms with E-state index in [2.05, 4.69) is 51.8 Å². The molecular weight excluding hydrogens is 448 g/mol. The summed E-state index contributed by atoms with van der Waals surface area (Å²) in [5.74, 6) is 0.00214. The molecule has 3 aromatic carbocycles. The second-order valence-electron chi connectivity index (χ2n) is 11.0. The van der Waals surface area contributed by atoms with E-state index in [4.69, 9.17) is 4.74 Å². The van der Waals surface area contributed by atoms with E-state index < -0.39 is 5.97 Å². The molecule has 0 spiro atoms. The Morgan fingerprint density at radius 1 is 0.694 bits per heavy atom. The quantitative estimate of drug-likeness (QED) is 0.246. The van der Waals surface area contributed by atoms with Crippen molar-refractivity contribution in [1.29, 1.82) is 0 Å². The van der Waals surface area contributed by atoms with Crippen LogP contribution in [0.15, 0.2) is 78.9 Å². The molecule has 0 aliphatic rings. The minimum atomic E-state index is -0.460. The average molecular weight is 481 g/mol. The second kappa shape index (κ2) is 9.57. The molecule has 4 aromatic rings. The predicted molar refractivity (Wildman–Crippen MR) is 145 cm³/mol. The van der Waals surface area contributed by atoms with Gasteiger partial charge in [-0.25, -0.2) is 9.78 Å². The largest absolute Gasteiger partial charge is 0.421 e. The van der Waals surface area contributed by atoms with Crippen molar-refractivity contribution < 1.29 is 14.3 Å². The molecule has 0 aliphatic carbocycles. The summed E-state index contributed by atoms with van der Waals surface area (Å²) in [5, 5.41) is 3.65. The SMILES string of the molecule is CC(C)(C)c1ccc(C(=O)Nc2ccc3cccc(OC(=O)c4ccc(C(C)(C)C)cc4)c3n2)cc1. The number of rotatable bonds is 4. The molecule has 0 saturated carbocycles. The van der Waals surface area contributed by atoms with Crippen LogP contribution in [-0.2, 0) is 10.8 Å². The Morgan fingerprint density at radius 2 is 1.25 bits per heavy atom. The smallest absolute Gasteiger partial charge is 0.343 e. The van der Waals surface area contributed by atoms with Crippen molar-refractivity contribution in [3.8, 4) is 5.75 Å². The molecule has 0 atom stereocenters. The van der Waals surface area contributed by atoms with E-state index in [0.29, 0.717) is 28.2 Å². The highest BCUT2D eigenvalue weighted by Gasteiger charge is 2.17. The zero-order valence-electron chi connectivity index (χ0n) is 21.7. The Morgan fingerprint density at radius 3 is 1.81 bits per heavy atom. The lowest BCUT2D eigenvalue weighted by atomic mass is 9.87. The number of pyridine rings is 1. The van der Waals surface area contributed by atoms with Crippen molar-refractivity contribution >= 4 is 28.6 Å². The monoisotopic (exact) mass is 480 g/mol. The molecule has 36 heavy (non-hydrogen) atoms. The van der Waals surface area contributed by atoms with Crippen LogP contribution >= 0.6 is 0 Å². The van der Waals surface area contributed by atoms with Crippen molar-refractivity contribution in [2.24, 2.45) is 0 Å². The van der Waals surface area contributed by atoms with E-state index in [0.717, 1.165) is 16.5 Å². The number of benzene rings is 3. The number of hydrogen-bond donors (Lipinski definition) is 1. The van der Waals surface area contributed by atoms with E-state index in [1.54, 1.807) is 24.3 Å². The molecule has 0 fully saturated rings. The lowest BCUT2D eigenvalue weighted by Gasteiger charge is -2.19. The van der Waals surface area contributed by atoms with E-state index in [9.17, 15) is 9.59 Å². The third kappa shape index (κ3) is 5.62. The first-order chi connectivity index (χ1) is 16.9. The third-order valence-electron chi connectivity index (χ3n) is 6.13. The van der Waals surface area contributed by atoms with Gasteiger partial charge in [-0.05, 0) is 64.4 Å². The number of aromatic nitrogens is 1. The second-order valence-corrected chi connectivity index (χ2v) is 11.0. The van der Waals surface area contributed by atoms with Crippen molar-refractivity contribution in [3.63, 3.8) is 0 Å². The van der Waals surface area contributed by atoms with Gasteiger partial charge in [0, 0.05) is 10.9 Å². The molecule has 0 radical (unpaired) electrons. The number of anilines is 1. The highest BCUT2D eigenvalue weighted by molar-refractivity contribution is 6.04. The maximum Gasteiger partial charge on any atom is 0.343 e. The average Bonchev–Trinajstić information content (AvgIpc) is 2.83. The molecule has 0 aliphatic heterocycles. The zero-order chi connectivity index (χ0) is 26.1. The van der Waals surface area contributed by atoms with Crippen molar-refractivity contribution in [3.05, 3.63) is 101 Å². The van der Waals surface area contributed by atoms with Gasteiger partial charge in [0.2, 0.25) is 0 Å². The summed E-state index contributed by atoms with van der Waals surface area (Å²) < 4.78 is 5.71. The van der Waals surface area contributed by atoms with Crippen LogP contribution < -0.4 is 10.1 Å². The molecule has 1 amide bonds. The van der Waals surface area contributed by atoms with Gasteiger partial charge in [0.05, 0.1) is 5.56 Å². The Kier molecular flexibility index (Phi) is 6.68. The van der Waals surface area contributed by atoms with Gasteiger partial charge >= 0.3 is 5.97 Å². The minimum Gasteiger partial charge on any atom is -0.421 e. The number of hydrogen-bond acceptors (Lipinski definition) is 4. The number of ether oxygens (including phenoxy) is 1. The van der Waals surface area contributed by atoms with Crippen LogP contribution in [0.3, 0.4) is 0 Å². The minimum absolute atomic E-state index is 0.00253. The van der Waals surface area contributed by atoms with E-state index in [-0.39, 0.29) is 16.7 Å². The molecular formula is C31H32N2O3. The van der Waals surface area contributed by atoms with Gasteiger partial charge in [-0.3, -0.25) is 4.79 Å². The van der Waals surface area contributed by atoms with Crippen LogP contribution in [0.1, 0.15) is 73.4 Å². The molecule has 0 unspecified atom stereocenters. The molecule has 1 aromatic heterocycles. The first kappa shape index (κ1) is 25.1. The van der Waals surface area contributed by atoms with Crippen molar-refractivity contribution in [1.82, 2.24) is 4.98 Å². The van der Waals surface area contributed by atoms with Gasteiger partial charge in [-0.15, -0.1) is 0 Å². The number of fused-ring (bicyclic) bond motifs is 1. The fourth-order valence-corrected chi connectivity index (χ4v) is 3.85. The van der Waals surface area contributed by atoms with Gasteiger partial charge in [0.15, 0.2) is 5.75 Å². The Labute approximate surface area is 212 Å². The van der Waals surface area contributed by atoms with Crippen LogP contribution in [0, 0.1) is 0 Å². The van der Waals surface area contributed by atoms with Gasteiger partial charge < -0.3 is 10.1 Å². The number of nitrogens with zero attached hydrogens (tertiary/aromatic N) is 1. The number of carbonyl (C=O) groups excluding carboxylic acids is 2. The topological polar surface area (TPSA) is 68.3 Å². The van der Waals surface area contributed by atoms with Crippen LogP contribution in [0.25, 0.3) is 10.9 Å². The predicted octanol–water partition coefficient (Wildman–Crippen LogP) is 7.30. The van der Waals surface area contributed by atoms with Crippen LogP contribution in [-0.4, -0.2) is 16.9 Å². The van der Waals surface area contributed by atoms with Gasteiger partial charge in [0.25, 0.3) is 5.91 Å². The zero-order valence-corrected chi connectivity index (χ0v) is 21.7. The van der Waals surface area contributed by atoms with Crippen LogP contribution in [0.2, 0.25) is 0 Å². The number of carbonyl (C=O) groups is 2. The summed E-state index contributed by atoms with van der Waals surface area (Å²) in [4.78, 5) is 30.2. The Bertz CT molecular complexity index is 1410. The number of esters is 1. The molecule has 5 nitrogen and oxygen atoms in total. The summed E-state index contributed by atoms with van der Waals surface area (Å²) in [6.45, 7) is 12.8. The fourth-order valence-electron chi connectivity index (χ4n) is 3.85. The lowest BCUT2D eigenvalue weighted by molar-refractivity contribution is 0.0736. The summed E-state index contributed by atoms with van der Waals surface area (Å²) in [5.41, 5.74) is 3.81. The molecule has 0 saturated heterocycles. The molecule has 0 bridgehead atoms. The Hall–Kier alpha value is -3.99. The van der Waals surface area contributed by atoms with Gasteiger partial charge in [0.1, 0.15) is 11.3 Å². The van der Waals surface area contributed by atoms with Crippen molar-refractivity contribution in [2.45, 2.75) is 52.4 Å². The highest BCUT2D eigenvalue weighted by atomic mass is 16.5. The van der Waals surface area contributed by atoms with Crippen LogP contribution in [0.4, 0.5) is 5.82 Å². The fraction of sp³-hybridized carbons (Fsp3) is 0.258. The summed E-state index contributed by atoms with van der Waals surface area (Å²) in [7, 11) is 0. The molecule has 5 heteroatoms. The third-order valence-corrected chi connectivity index (χ3v) is 6.13. The number of para-hydroxylation sites is 1. The Balaban J connectivity index is 1.54. The van der Waals surface area contributed by atoms with E-state index in [1.807, 2.05) is 54.6 Å². The highest BCUT2D eigenvalue weighted by Crippen LogP contribution is 2.28. The first-order valence-electron chi connectivity index (χ1n) is 12.1. The number of nitrogens with one attached hydrogen (secondary N) is 1. The maximum atomic E-state index is 12.8. The summed E-state index contributed by atoms with van der Waals surface area (Å²) >= 11 is 0.